The molecule has 6 nitrogen and oxygen atoms in total. The SMILES string of the molecule is C[C@H]1CN(CCCN2CCN(C(=O)/C=C/c3ccc(Cl)c(Cl)c3)CCC2=O)CC[C@H]1O. The average Bonchev–Trinajstić information content (AvgIpc) is 2.93. The number of hydrogen-bond donors (Lipinski definition) is 1. The van der Waals surface area contributed by atoms with Crippen LogP contribution in [0.1, 0.15) is 31.7 Å². The molecule has 0 bridgehead atoms. The zero-order chi connectivity index (χ0) is 22.4. The Bertz CT molecular complexity index is 817. The predicted molar refractivity (Wildman–Crippen MR) is 124 cm³/mol. The Labute approximate surface area is 194 Å². The van der Waals surface area contributed by atoms with Gasteiger partial charge in [0.2, 0.25) is 11.8 Å². The van der Waals surface area contributed by atoms with Gasteiger partial charge in [0.1, 0.15) is 0 Å². The van der Waals surface area contributed by atoms with Crippen LogP contribution in [0.5, 0.6) is 0 Å². The van der Waals surface area contributed by atoms with Gasteiger partial charge < -0.3 is 19.8 Å². The minimum Gasteiger partial charge on any atom is -0.393 e. The Kier molecular flexibility index (Phi) is 8.78. The van der Waals surface area contributed by atoms with Crippen molar-refractivity contribution < 1.29 is 14.7 Å². The van der Waals surface area contributed by atoms with Crippen LogP contribution in [-0.2, 0) is 9.59 Å². The lowest BCUT2D eigenvalue weighted by Crippen LogP contribution is -2.43. The fraction of sp³-hybridized carbons (Fsp3) is 0.565. The molecule has 1 aromatic rings. The molecule has 0 saturated carbocycles. The van der Waals surface area contributed by atoms with E-state index in [0.717, 1.165) is 38.0 Å². The van der Waals surface area contributed by atoms with E-state index < -0.39 is 0 Å². The van der Waals surface area contributed by atoms with Crippen LogP contribution >= 0.6 is 23.2 Å². The van der Waals surface area contributed by atoms with Crippen molar-refractivity contribution in [3.8, 4) is 0 Å². The summed E-state index contributed by atoms with van der Waals surface area (Å²) >= 11 is 11.9. The molecular formula is C23H31Cl2N3O3. The smallest absolute Gasteiger partial charge is 0.246 e. The van der Waals surface area contributed by atoms with Gasteiger partial charge in [-0.05, 0) is 49.1 Å². The largest absolute Gasteiger partial charge is 0.393 e. The molecule has 3 rings (SSSR count). The number of nitrogens with zero attached hydrogens (tertiary/aromatic N) is 3. The second-order valence-electron chi connectivity index (χ2n) is 8.45. The molecule has 0 aromatic heterocycles. The van der Waals surface area contributed by atoms with Gasteiger partial charge >= 0.3 is 0 Å². The zero-order valence-electron chi connectivity index (χ0n) is 18.0. The van der Waals surface area contributed by atoms with E-state index in [4.69, 9.17) is 23.2 Å². The first kappa shape index (κ1) is 24.1. The van der Waals surface area contributed by atoms with E-state index in [2.05, 4.69) is 11.8 Å². The van der Waals surface area contributed by atoms with Crippen LogP contribution in [-0.4, -0.2) is 83.5 Å². The van der Waals surface area contributed by atoms with Gasteiger partial charge in [-0.3, -0.25) is 9.59 Å². The van der Waals surface area contributed by atoms with Crippen molar-refractivity contribution in [1.29, 1.82) is 0 Å². The Morgan fingerprint density at radius 3 is 2.71 bits per heavy atom. The molecule has 0 aliphatic carbocycles. The number of aliphatic hydroxyl groups excluding tert-OH is 1. The van der Waals surface area contributed by atoms with Gasteiger partial charge in [0, 0.05) is 51.8 Å². The van der Waals surface area contributed by atoms with Crippen molar-refractivity contribution in [3.63, 3.8) is 0 Å². The van der Waals surface area contributed by atoms with Crippen LogP contribution < -0.4 is 0 Å². The monoisotopic (exact) mass is 467 g/mol. The van der Waals surface area contributed by atoms with Crippen LogP contribution in [0.3, 0.4) is 0 Å². The molecule has 1 aromatic carbocycles. The average molecular weight is 468 g/mol. The second kappa shape index (κ2) is 11.3. The third-order valence-electron chi connectivity index (χ3n) is 6.11. The van der Waals surface area contributed by atoms with Crippen molar-refractivity contribution in [2.75, 3.05) is 45.8 Å². The minimum absolute atomic E-state index is 0.103. The molecule has 8 heteroatoms. The summed E-state index contributed by atoms with van der Waals surface area (Å²) in [5.74, 6) is 0.290. The molecule has 170 valence electrons. The summed E-state index contributed by atoms with van der Waals surface area (Å²) in [6.45, 7) is 7.04. The molecule has 0 unspecified atom stereocenters. The van der Waals surface area contributed by atoms with Gasteiger partial charge in [-0.15, -0.1) is 0 Å². The Morgan fingerprint density at radius 1 is 1.16 bits per heavy atom. The Balaban J connectivity index is 1.45. The summed E-state index contributed by atoms with van der Waals surface area (Å²) in [5.41, 5.74) is 0.801. The first-order valence-corrected chi connectivity index (χ1v) is 11.7. The van der Waals surface area contributed by atoms with Gasteiger partial charge in [-0.25, -0.2) is 0 Å². The second-order valence-corrected chi connectivity index (χ2v) is 9.26. The van der Waals surface area contributed by atoms with E-state index in [1.807, 2.05) is 4.90 Å². The number of benzene rings is 1. The summed E-state index contributed by atoms with van der Waals surface area (Å²) in [4.78, 5) is 31.1. The molecule has 2 aliphatic heterocycles. The van der Waals surface area contributed by atoms with Crippen molar-refractivity contribution in [2.45, 2.75) is 32.3 Å². The highest BCUT2D eigenvalue weighted by molar-refractivity contribution is 6.42. The normalized spacial score (nSPS) is 23.4. The topological polar surface area (TPSA) is 64.1 Å². The maximum absolute atomic E-state index is 12.6. The van der Waals surface area contributed by atoms with Crippen LogP contribution in [0.4, 0.5) is 0 Å². The molecule has 1 N–H and O–H groups in total. The van der Waals surface area contributed by atoms with Gasteiger partial charge in [0.05, 0.1) is 16.1 Å². The molecule has 0 spiro atoms. The number of halogens is 2. The van der Waals surface area contributed by atoms with Crippen LogP contribution in [0, 0.1) is 5.92 Å². The summed E-state index contributed by atoms with van der Waals surface area (Å²) in [5, 5.41) is 10.8. The molecule has 2 saturated heterocycles. The van der Waals surface area contributed by atoms with Crippen molar-refractivity contribution >= 4 is 41.1 Å². The number of amides is 2. The lowest BCUT2D eigenvalue weighted by atomic mass is 9.97. The highest BCUT2D eigenvalue weighted by atomic mass is 35.5. The number of likely N-dealkylation sites (tertiary alicyclic amines) is 1. The van der Waals surface area contributed by atoms with Gasteiger partial charge in [0.25, 0.3) is 0 Å². The molecular weight excluding hydrogens is 437 g/mol. The summed E-state index contributed by atoms with van der Waals surface area (Å²) in [7, 11) is 0. The van der Waals surface area contributed by atoms with E-state index in [0.29, 0.717) is 48.6 Å². The highest BCUT2D eigenvalue weighted by Gasteiger charge is 2.25. The van der Waals surface area contributed by atoms with Gasteiger partial charge in [0.15, 0.2) is 0 Å². The first-order chi connectivity index (χ1) is 14.8. The number of carbonyl (C=O) groups is 2. The minimum atomic E-state index is -0.197. The van der Waals surface area contributed by atoms with Crippen LogP contribution in [0.25, 0.3) is 6.08 Å². The maximum atomic E-state index is 12.6. The highest BCUT2D eigenvalue weighted by Crippen LogP contribution is 2.23. The number of rotatable bonds is 6. The lowest BCUT2D eigenvalue weighted by molar-refractivity contribution is -0.130. The molecule has 2 fully saturated rings. The fourth-order valence-electron chi connectivity index (χ4n) is 4.12. The maximum Gasteiger partial charge on any atom is 0.246 e. The van der Waals surface area contributed by atoms with E-state index in [9.17, 15) is 14.7 Å². The number of hydrogen-bond acceptors (Lipinski definition) is 4. The standard InChI is InChI=1S/C23H31Cl2N3O3/c1-17-16-26(11-7-21(17)29)9-2-10-27-13-14-28(12-8-23(27)31)22(30)6-4-18-3-5-19(24)20(25)15-18/h3-6,15,17,21,29H,2,7-14,16H2,1H3/b6-4+/t17-,21+/m0/s1. The predicted octanol–water partition coefficient (Wildman–Crippen LogP) is 3.16. The molecule has 0 radical (unpaired) electrons. The number of carbonyl (C=O) groups excluding carboxylic acids is 2. The summed E-state index contributed by atoms with van der Waals surface area (Å²) < 4.78 is 0. The Hall–Kier alpha value is -1.60. The first-order valence-electron chi connectivity index (χ1n) is 10.9. The van der Waals surface area contributed by atoms with E-state index in [1.165, 1.54) is 6.08 Å². The van der Waals surface area contributed by atoms with Gasteiger partial charge in [-0.2, -0.15) is 0 Å². The van der Waals surface area contributed by atoms with Crippen LogP contribution in [0.2, 0.25) is 10.0 Å². The lowest BCUT2D eigenvalue weighted by Gasteiger charge is -2.34. The van der Waals surface area contributed by atoms with Crippen LogP contribution in [0.15, 0.2) is 24.3 Å². The third kappa shape index (κ3) is 6.94. The van der Waals surface area contributed by atoms with E-state index in [1.54, 1.807) is 29.2 Å². The van der Waals surface area contributed by atoms with Gasteiger partial charge in [-0.1, -0.05) is 36.2 Å². The van der Waals surface area contributed by atoms with E-state index >= 15 is 0 Å². The van der Waals surface area contributed by atoms with Crippen molar-refractivity contribution in [2.24, 2.45) is 5.92 Å². The Morgan fingerprint density at radius 2 is 1.97 bits per heavy atom. The number of piperidine rings is 1. The van der Waals surface area contributed by atoms with Crippen molar-refractivity contribution in [1.82, 2.24) is 14.7 Å². The quantitative estimate of drug-likeness (QED) is 0.652. The zero-order valence-corrected chi connectivity index (χ0v) is 19.5. The molecule has 2 aliphatic rings. The van der Waals surface area contributed by atoms with Crippen molar-refractivity contribution in [3.05, 3.63) is 39.9 Å². The third-order valence-corrected chi connectivity index (χ3v) is 6.85. The summed E-state index contributed by atoms with van der Waals surface area (Å²) in [6.07, 6.45) is 5.10. The molecule has 31 heavy (non-hydrogen) atoms. The number of aliphatic hydroxyl groups is 1. The molecule has 2 atom stereocenters. The fourth-order valence-corrected chi connectivity index (χ4v) is 4.43. The molecule has 2 amide bonds. The van der Waals surface area contributed by atoms with E-state index in [-0.39, 0.29) is 17.9 Å². The molecule has 2 heterocycles. The summed E-state index contributed by atoms with van der Waals surface area (Å²) in [6, 6.07) is 5.21.